The largest absolute Gasteiger partial charge is 0.497 e. The van der Waals surface area contributed by atoms with E-state index in [0.717, 1.165) is 16.9 Å². The summed E-state index contributed by atoms with van der Waals surface area (Å²) in [6.07, 6.45) is 0. The number of benzene rings is 2. The molecule has 0 aromatic heterocycles. The Bertz CT molecular complexity index is 806. The van der Waals surface area contributed by atoms with Gasteiger partial charge in [-0.15, -0.1) is 0 Å². The molecule has 2 aromatic rings. The highest BCUT2D eigenvalue weighted by Crippen LogP contribution is 2.35. The molecular formula is C22H26N2O3. The molecule has 1 aliphatic rings. The van der Waals surface area contributed by atoms with Crippen molar-refractivity contribution in [3.05, 3.63) is 65.7 Å². The van der Waals surface area contributed by atoms with Crippen LogP contribution in [0.4, 0.5) is 0 Å². The summed E-state index contributed by atoms with van der Waals surface area (Å²) in [5, 5.41) is 0. The molecule has 0 aliphatic carbocycles. The molecule has 0 N–H and O–H groups in total. The SMILES string of the molecule is COc1cccc(C2CN(C(C)=O)CC2C(=O)N(C)Cc2ccccc2)c1. The summed E-state index contributed by atoms with van der Waals surface area (Å²) in [5.41, 5.74) is 2.12. The van der Waals surface area contributed by atoms with Crippen LogP contribution in [0.15, 0.2) is 54.6 Å². The summed E-state index contributed by atoms with van der Waals surface area (Å²) in [5.74, 6) is 0.543. The number of ether oxygens (including phenoxy) is 1. The van der Waals surface area contributed by atoms with Crippen molar-refractivity contribution >= 4 is 11.8 Å². The predicted octanol–water partition coefficient (Wildman–Crippen LogP) is 2.92. The summed E-state index contributed by atoms with van der Waals surface area (Å²) < 4.78 is 5.34. The van der Waals surface area contributed by atoms with Gasteiger partial charge in [0.2, 0.25) is 11.8 Å². The van der Waals surface area contributed by atoms with E-state index in [2.05, 4.69) is 0 Å². The number of methoxy groups -OCH3 is 1. The molecule has 2 aromatic carbocycles. The first kappa shape index (κ1) is 19.0. The van der Waals surface area contributed by atoms with Gasteiger partial charge in [0, 0.05) is 39.5 Å². The molecular weight excluding hydrogens is 340 g/mol. The summed E-state index contributed by atoms with van der Waals surface area (Å²) in [6.45, 7) is 3.12. The van der Waals surface area contributed by atoms with E-state index in [-0.39, 0.29) is 23.7 Å². The van der Waals surface area contributed by atoms with Crippen molar-refractivity contribution in [2.45, 2.75) is 19.4 Å². The molecule has 0 radical (unpaired) electrons. The Morgan fingerprint density at radius 2 is 1.85 bits per heavy atom. The first-order valence-corrected chi connectivity index (χ1v) is 9.18. The zero-order valence-corrected chi connectivity index (χ0v) is 16.1. The monoisotopic (exact) mass is 366 g/mol. The van der Waals surface area contributed by atoms with E-state index in [1.54, 1.807) is 23.8 Å². The van der Waals surface area contributed by atoms with Crippen LogP contribution in [-0.2, 0) is 16.1 Å². The maximum Gasteiger partial charge on any atom is 0.228 e. The average molecular weight is 366 g/mol. The van der Waals surface area contributed by atoms with Gasteiger partial charge in [0.1, 0.15) is 5.75 Å². The number of nitrogens with zero attached hydrogens (tertiary/aromatic N) is 2. The highest BCUT2D eigenvalue weighted by atomic mass is 16.5. The fourth-order valence-corrected chi connectivity index (χ4v) is 3.74. The average Bonchev–Trinajstić information content (AvgIpc) is 3.14. The Morgan fingerprint density at radius 3 is 2.52 bits per heavy atom. The van der Waals surface area contributed by atoms with E-state index in [1.165, 1.54) is 0 Å². The van der Waals surface area contributed by atoms with Crippen molar-refractivity contribution in [2.75, 3.05) is 27.2 Å². The zero-order chi connectivity index (χ0) is 19.4. The van der Waals surface area contributed by atoms with E-state index in [1.807, 2.05) is 61.6 Å². The molecule has 5 nitrogen and oxygen atoms in total. The van der Waals surface area contributed by atoms with Gasteiger partial charge in [0.05, 0.1) is 13.0 Å². The molecule has 0 bridgehead atoms. The minimum absolute atomic E-state index is 0.00362. The summed E-state index contributed by atoms with van der Waals surface area (Å²) in [6, 6.07) is 17.7. The second kappa shape index (κ2) is 8.25. The molecule has 0 spiro atoms. The zero-order valence-electron chi connectivity index (χ0n) is 16.1. The van der Waals surface area contributed by atoms with E-state index in [0.29, 0.717) is 19.6 Å². The minimum Gasteiger partial charge on any atom is -0.497 e. The first-order valence-electron chi connectivity index (χ1n) is 9.18. The van der Waals surface area contributed by atoms with Gasteiger partial charge in [-0.1, -0.05) is 42.5 Å². The van der Waals surface area contributed by atoms with Crippen molar-refractivity contribution in [2.24, 2.45) is 5.92 Å². The standard InChI is InChI=1S/C22H26N2O3/c1-16(25)24-14-20(18-10-7-11-19(12-18)27-3)21(15-24)22(26)23(2)13-17-8-5-4-6-9-17/h4-12,20-21H,13-15H2,1-3H3. The highest BCUT2D eigenvalue weighted by Gasteiger charge is 2.40. The normalized spacial score (nSPS) is 19.0. The van der Waals surface area contributed by atoms with Gasteiger partial charge in [-0.25, -0.2) is 0 Å². The van der Waals surface area contributed by atoms with Crippen LogP contribution < -0.4 is 4.74 Å². The molecule has 2 unspecified atom stereocenters. The molecule has 1 saturated heterocycles. The van der Waals surface area contributed by atoms with Crippen LogP contribution in [-0.4, -0.2) is 48.9 Å². The molecule has 5 heteroatoms. The van der Waals surface area contributed by atoms with E-state index in [4.69, 9.17) is 4.74 Å². The van der Waals surface area contributed by atoms with Gasteiger partial charge in [0.25, 0.3) is 0 Å². The third kappa shape index (κ3) is 4.30. The summed E-state index contributed by atoms with van der Waals surface area (Å²) >= 11 is 0. The van der Waals surface area contributed by atoms with Gasteiger partial charge in [-0.3, -0.25) is 9.59 Å². The van der Waals surface area contributed by atoms with Gasteiger partial charge in [-0.05, 0) is 23.3 Å². The molecule has 0 saturated carbocycles. The quantitative estimate of drug-likeness (QED) is 0.818. The Morgan fingerprint density at radius 1 is 1.11 bits per heavy atom. The van der Waals surface area contributed by atoms with Crippen LogP contribution >= 0.6 is 0 Å². The molecule has 1 fully saturated rings. The van der Waals surface area contributed by atoms with Crippen molar-refractivity contribution in [3.8, 4) is 5.75 Å². The van der Waals surface area contributed by atoms with Gasteiger partial charge in [-0.2, -0.15) is 0 Å². The Labute approximate surface area is 160 Å². The number of rotatable bonds is 5. The number of carbonyl (C=O) groups excluding carboxylic acids is 2. The van der Waals surface area contributed by atoms with E-state index >= 15 is 0 Å². The van der Waals surface area contributed by atoms with Crippen LogP contribution in [0.25, 0.3) is 0 Å². The van der Waals surface area contributed by atoms with Crippen molar-refractivity contribution in [3.63, 3.8) is 0 Å². The molecule has 1 aliphatic heterocycles. The number of hydrogen-bond donors (Lipinski definition) is 0. The first-order chi connectivity index (χ1) is 13.0. The minimum atomic E-state index is -0.255. The van der Waals surface area contributed by atoms with Gasteiger partial charge in [0.15, 0.2) is 0 Å². The number of likely N-dealkylation sites (tertiary alicyclic amines) is 1. The lowest BCUT2D eigenvalue weighted by atomic mass is 9.88. The third-order valence-corrected chi connectivity index (χ3v) is 5.24. The van der Waals surface area contributed by atoms with Crippen LogP contribution in [0, 0.1) is 5.92 Å². The van der Waals surface area contributed by atoms with Crippen molar-refractivity contribution < 1.29 is 14.3 Å². The smallest absolute Gasteiger partial charge is 0.228 e. The molecule has 2 atom stereocenters. The Balaban J connectivity index is 1.82. The van der Waals surface area contributed by atoms with Gasteiger partial charge >= 0.3 is 0 Å². The maximum absolute atomic E-state index is 13.2. The molecule has 2 amide bonds. The molecule has 1 heterocycles. The topological polar surface area (TPSA) is 49.9 Å². The lowest BCUT2D eigenvalue weighted by Gasteiger charge is -2.25. The second-order valence-electron chi connectivity index (χ2n) is 7.09. The molecule has 3 rings (SSSR count). The Hall–Kier alpha value is -2.82. The summed E-state index contributed by atoms with van der Waals surface area (Å²) in [7, 11) is 3.46. The van der Waals surface area contributed by atoms with Crippen LogP contribution in [0.5, 0.6) is 5.75 Å². The molecule has 27 heavy (non-hydrogen) atoms. The van der Waals surface area contributed by atoms with Crippen LogP contribution in [0.3, 0.4) is 0 Å². The van der Waals surface area contributed by atoms with Crippen molar-refractivity contribution in [1.82, 2.24) is 9.80 Å². The third-order valence-electron chi connectivity index (χ3n) is 5.24. The summed E-state index contributed by atoms with van der Waals surface area (Å²) in [4.78, 5) is 28.7. The van der Waals surface area contributed by atoms with E-state index < -0.39 is 0 Å². The number of amides is 2. The number of carbonyl (C=O) groups is 2. The van der Waals surface area contributed by atoms with Crippen molar-refractivity contribution in [1.29, 1.82) is 0 Å². The lowest BCUT2D eigenvalue weighted by molar-refractivity contribution is -0.135. The predicted molar refractivity (Wildman–Crippen MR) is 104 cm³/mol. The fraction of sp³-hybridized carbons (Fsp3) is 0.364. The lowest BCUT2D eigenvalue weighted by Crippen LogP contribution is -2.36. The van der Waals surface area contributed by atoms with Crippen LogP contribution in [0.2, 0.25) is 0 Å². The second-order valence-corrected chi connectivity index (χ2v) is 7.09. The molecule has 142 valence electrons. The highest BCUT2D eigenvalue weighted by molar-refractivity contribution is 5.82. The Kier molecular flexibility index (Phi) is 5.79. The maximum atomic E-state index is 13.2. The van der Waals surface area contributed by atoms with Crippen LogP contribution in [0.1, 0.15) is 24.0 Å². The van der Waals surface area contributed by atoms with E-state index in [9.17, 15) is 9.59 Å². The van der Waals surface area contributed by atoms with Gasteiger partial charge < -0.3 is 14.5 Å². The number of hydrogen-bond acceptors (Lipinski definition) is 3. The fourth-order valence-electron chi connectivity index (χ4n) is 3.74.